The highest BCUT2D eigenvalue weighted by Gasteiger charge is 2.21. The predicted octanol–water partition coefficient (Wildman–Crippen LogP) is 34.9. The van der Waals surface area contributed by atoms with E-state index >= 15 is 0 Å². The minimum absolute atomic E-state index is 0.629. The monoisotopic (exact) mass is 1680 g/mol. The molecule has 0 bridgehead atoms. The van der Waals surface area contributed by atoms with Crippen molar-refractivity contribution in [3.63, 3.8) is 0 Å². The van der Waals surface area contributed by atoms with Gasteiger partial charge in [0.25, 0.3) is 0 Å². The lowest BCUT2D eigenvalue weighted by atomic mass is 10.1. The molecule has 1 heterocycles. The minimum atomic E-state index is 0.629. The van der Waals surface area contributed by atoms with Crippen LogP contribution in [0.5, 0.6) is 34.5 Å². The van der Waals surface area contributed by atoms with Crippen LogP contribution in [-0.4, -0.2) is 54.4 Å². The third kappa shape index (κ3) is 44.9. The molecule has 0 saturated heterocycles. The Bertz CT molecular complexity index is 3550. The van der Waals surface area contributed by atoms with Gasteiger partial charge in [0.1, 0.15) is 0 Å². The van der Waals surface area contributed by atoms with E-state index in [4.69, 9.17) is 38.6 Å². The zero-order valence-corrected chi connectivity index (χ0v) is 79.1. The molecule has 0 saturated carbocycles. The van der Waals surface area contributed by atoms with Crippen LogP contribution in [-0.2, 0) is 0 Å². The maximum Gasteiger partial charge on any atom is 0.203 e. The highest BCUT2D eigenvalue weighted by molar-refractivity contribution is 5.71. The first-order valence-corrected chi connectivity index (χ1v) is 51.5. The molecule has 0 amide bonds. The quantitative estimate of drug-likeness (QED) is 0.0275. The molecule has 9 heteroatoms. The van der Waals surface area contributed by atoms with E-state index in [1.807, 2.05) is 0 Å². The van der Waals surface area contributed by atoms with Crippen molar-refractivity contribution >= 4 is 0 Å². The Kier molecular flexibility index (Phi) is 57.9. The average Bonchev–Trinajstić information content (AvgIpc) is 1.64. The van der Waals surface area contributed by atoms with Gasteiger partial charge in [0.2, 0.25) is 11.5 Å². The normalized spacial score (nSPS) is 11.2. The number of unbranched alkanes of at least 4 members (excludes halogenated alkanes) is 54. The first kappa shape index (κ1) is 102. The van der Waals surface area contributed by atoms with Crippen LogP contribution >= 0.6 is 0 Å². The Hall–Kier alpha value is -7.62. The van der Waals surface area contributed by atoms with Gasteiger partial charge in [-0.15, -0.1) is 10.2 Å². The standard InChI is InChI=1S/C114H171N3O6/c1-7-13-19-25-31-37-43-49-55-64-88-118-107-94-100(95-108(119-89-65-56-50-44-38-32-26-20-14-8-2)111(107)122-92-68-59-53-47-41-35-29-23-17-11-5)74-72-98-76-80-104(81-77-98)113-115-116-114(117(113)106-86-84-103(85-87-106)102-70-62-61-63-71-102)105-82-78-99(79-83-105)73-75-101-96-109(120-90-66-57-51-45-39-33-27-21-15-9-3)112(123-93-69-60-54-48-42-36-30-24-18-12-6)110(97-101)121-91-67-58-52-46-40-34-28-22-16-10-4/h61-63,70-71,76-87,94-97H,7-60,64-69,88-93H2,1-6H3. The molecule has 0 atom stereocenters. The molecule has 0 aliphatic heterocycles. The molecule has 0 unspecified atom stereocenters. The Labute approximate surface area is 752 Å². The lowest BCUT2D eigenvalue weighted by Crippen LogP contribution is -2.07. The summed E-state index contributed by atoms with van der Waals surface area (Å²) in [4.78, 5) is 0. The van der Waals surface area contributed by atoms with Gasteiger partial charge in [-0.1, -0.05) is 454 Å². The van der Waals surface area contributed by atoms with Gasteiger partial charge < -0.3 is 28.4 Å². The van der Waals surface area contributed by atoms with Crippen molar-refractivity contribution in [1.29, 1.82) is 0 Å². The highest BCUT2D eigenvalue weighted by Crippen LogP contribution is 2.42. The molecule has 0 fully saturated rings. The van der Waals surface area contributed by atoms with Crippen molar-refractivity contribution in [3.8, 4) is 97.8 Å². The Morgan fingerprint density at radius 1 is 0.203 bits per heavy atom. The van der Waals surface area contributed by atoms with E-state index in [9.17, 15) is 0 Å². The summed E-state index contributed by atoms with van der Waals surface area (Å²) in [5.41, 5.74) is 8.59. The zero-order valence-electron chi connectivity index (χ0n) is 79.1. The lowest BCUT2D eigenvalue weighted by molar-refractivity contribution is 0.234. The Morgan fingerprint density at radius 3 is 0.650 bits per heavy atom. The Balaban J connectivity index is 1.14. The van der Waals surface area contributed by atoms with E-state index in [0.717, 1.165) is 173 Å². The van der Waals surface area contributed by atoms with Crippen LogP contribution < -0.4 is 28.4 Å². The van der Waals surface area contributed by atoms with Crippen LogP contribution in [0.1, 0.15) is 449 Å². The van der Waals surface area contributed by atoms with Crippen LogP contribution in [0.2, 0.25) is 0 Å². The molecular weight excluding hydrogens is 1510 g/mol. The lowest BCUT2D eigenvalue weighted by Gasteiger charge is -2.18. The summed E-state index contributed by atoms with van der Waals surface area (Å²) in [7, 11) is 0. The number of hydrogen-bond acceptors (Lipinski definition) is 8. The third-order valence-corrected chi connectivity index (χ3v) is 24.4. The molecule has 0 N–H and O–H groups in total. The second kappa shape index (κ2) is 69.6. The van der Waals surface area contributed by atoms with Gasteiger partial charge in [0, 0.05) is 39.1 Å². The number of rotatable bonds is 76. The smallest absolute Gasteiger partial charge is 0.203 e. The van der Waals surface area contributed by atoms with Crippen molar-refractivity contribution in [3.05, 3.63) is 150 Å². The van der Waals surface area contributed by atoms with Gasteiger partial charge in [0.15, 0.2) is 34.6 Å². The molecule has 0 aliphatic carbocycles. The van der Waals surface area contributed by atoms with E-state index in [1.54, 1.807) is 0 Å². The van der Waals surface area contributed by atoms with E-state index in [-0.39, 0.29) is 0 Å². The fourth-order valence-corrected chi connectivity index (χ4v) is 16.7. The highest BCUT2D eigenvalue weighted by atomic mass is 16.5. The van der Waals surface area contributed by atoms with E-state index in [1.165, 1.54) is 308 Å². The van der Waals surface area contributed by atoms with Crippen LogP contribution in [0, 0.1) is 23.7 Å². The first-order valence-electron chi connectivity index (χ1n) is 51.5. The van der Waals surface area contributed by atoms with Crippen molar-refractivity contribution in [2.45, 2.75) is 427 Å². The summed E-state index contributed by atoms with van der Waals surface area (Å²) in [5.74, 6) is 20.1. The van der Waals surface area contributed by atoms with Crippen molar-refractivity contribution in [2.75, 3.05) is 39.6 Å². The maximum atomic E-state index is 6.80. The average molecular weight is 1680 g/mol. The largest absolute Gasteiger partial charge is 0.490 e. The molecule has 6 aromatic carbocycles. The van der Waals surface area contributed by atoms with Crippen LogP contribution in [0.15, 0.2) is 127 Å². The second-order valence-electron chi connectivity index (χ2n) is 35.5. The van der Waals surface area contributed by atoms with Crippen molar-refractivity contribution in [2.24, 2.45) is 0 Å². The SMILES string of the molecule is CCCCCCCCCCCCOc1cc(C#Cc2ccc(-c3nnc(-c4ccc(C#Cc5cc(OCCCCCCCCCCCC)c(OCCCCCCCCCCCC)c(OCCCCCCCCCCCC)c5)cc4)n3-c3ccc(-c4ccccc4)cc3)cc2)cc(OCCCCCCCCCCCC)c1OCCCCCCCCCCCC. The fraction of sp³-hybridized carbons (Fsp3) is 0.632. The molecule has 9 nitrogen and oxygen atoms in total. The third-order valence-electron chi connectivity index (χ3n) is 24.4. The maximum absolute atomic E-state index is 6.80. The number of aromatic nitrogens is 3. The van der Waals surface area contributed by atoms with Gasteiger partial charge in [-0.2, -0.15) is 0 Å². The minimum Gasteiger partial charge on any atom is -0.490 e. The fourth-order valence-electron chi connectivity index (χ4n) is 16.7. The van der Waals surface area contributed by atoms with Gasteiger partial charge in [-0.25, -0.2) is 0 Å². The molecule has 1 aromatic heterocycles. The molecule has 123 heavy (non-hydrogen) atoms. The summed E-state index contributed by atoms with van der Waals surface area (Å²) in [6.07, 6.45) is 76.5. The van der Waals surface area contributed by atoms with Gasteiger partial charge >= 0.3 is 0 Å². The molecular formula is C114H171N3O6. The topological polar surface area (TPSA) is 86.1 Å². The molecule has 7 rings (SSSR count). The number of ether oxygens (including phenoxy) is 6. The van der Waals surface area contributed by atoms with Crippen LogP contribution in [0.3, 0.4) is 0 Å². The molecule has 0 radical (unpaired) electrons. The first-order chi connectivity index (χ1) is 61.0. The number of nitrogens with zero attached hydrogens (tertiary/aromatic N) is 3. The van der Waals surface area contributed by atoms with Crippen molar-refractivity contribution in [1.82, 2.24) is 14.8 Å². The molecule has 0 aliphatic rings. The molecule has 678 valence electrons. The second-order valence-corrected chi connectivity index (χ2v) is 35.5. The number of benzene rings is 6. The van der Waals surface area contributed by atoms with E-state index in [0.29, 0.717) is 39.6 Å². The van der Waals surface area contributed by atoms with E-state index < -0.39 is 0 Å². The summed E-state index contributed by atoms with van der Waals surface area (Å²) in [6.45, 7) is 17.6. The molecule has 0 spiro atoms. The van der Waals surface area contributed by atoms with Crippen LogP contribution in [0.25, 0.3) is 39.6 Å². The van der Waals surface area contributed by atoms with Crippen LogP contribution in [0.4, 0.5) is 0 Å². The van der Waals surface area contributed by atoms with Gasteiger partial charge in [-0.05, 0) is 135 Å². The van der Waals surface area contributed by atoms with E-state index in [2.05, 4.69) is 197 Å². The summed E-state index contributed by atoms with van der Waals surface area (Å²) >= 11 is 0. The van der Waals surface area contributed by atoms with Crippen molar-refractivity contribution < 1.29 is 28.4 Å². The van der Waals surface area contributed by atoms with Gasteiger partial charge in [-0.3, -0.25) is 4.57 Å². The molecule has 7 aromatic rings. The summed E-state index contributed by atoms with van der Waals surface area (Å²) in [5, 5.41) is 10.0. The predicted molar refractivity (Wildman–Crippen MR) is 527 cm³/mol. The summed E-state index contributed by atoms with van der Waals surface area (Å²) < 4.78 is 43.0. The van der Waals surface area contributed by atoms with Gasteiger partial charge in [0.05, 0.1) is 39.6 Å². The Morgan fingerprint density at radius 2 is 0.407 bits per heavy atom. The summed E-state index contributed by atoms with van der Waals surface area (Å²) in [6, 6.07) is 44.6. The number of hydrogen-bond donors (Lipinski definition) is 0. The zero-order chi connectivity index (χ0) is 86.4.